The highest BCUT2D eigenvalue weighted by atomic mass is 14.9. The van der Waals surface area contributed by atoms with Gasteiger partial charge in [0.15, 0.2) is 0 Å². The second-order valence-corrected chi connectivity index (χ2v) is 4.13. The van der Waals surface area contributed by atoms with Gasteiger partial charge in [-0.1, -0.05) is 37.3 Å². The van der Waals surface area contributed by atoms with Crippen molar-refractivity contribution < 1.29 is 0 Å². The third kappa shape index (κ3) is 3.11. The summed E-state index contributed by atoms with van der Waals surface area (Å²) < 4.78 is 0. The van der Waals surface area contributed by atoms with Gasteiger partial charge in [-0.2, -0.15) is 0 Å². The first-order chi connectivity index (χ1) is 8.29. The van der Waals surface area contributed by atoms with Crippen molar-refractivity contribution in [1.29, 1.82) is 0 Å². The molecule has 0 fully saturated rings. The molecule has 17 heavy (non-hydrogen) atoms. The lowest BCUT2D eigenvalue weighted by atomic mass is 10.1. The van der Waals surface area contributed by atoms with Crippen LogP contribution in [0.1, 0.15) is 19.2 Å². The lowest BCUT2D eigenvalue weighted by Crippen LogP contribution is -2.22. The van der Waals surface area contributed by atoms with Crippen LogP contribution in [0.5, 0.6) is 0 Å². The second kappa shape index (κ2) is 5.55. The minimum atomic E-state index is 0.151. The topological polar surface area (TPSA) is 51.8 Å². The molecule has 1 heterocycles. The Morgan fingerprint density at radius 2 is 1.71 bits per heavy atom. The van der Waals surface area contributed by atoms with E-state index in [1.165, 1.54) is 0 Å². The number of aromatic nitrogens is 2. The zero-order chi connectivity index (χ0) is 12.1. The first kappa shape index (κ1) is 11.7. The smallest absolute Gasteiger partial charge is 0.129 e. The summed E-state index contributed by atoms with van der Waals surface area (Å²) >= 11 is 0. The van der Waals surface area contributed by atoms with E-state index in [9.17, 15) is 0 Å². The van der Waals surface area contributed by atoms with Gasteiger partial charge in [-0.05, 0) is 12.0 Å². The highest BCUT2D eigenvalue weighted by Gasteiger charge is 2.04. The zero-order valence-electron chi connectivity index (χ0n) is 10.0. The number of nitrogens with two attached hydrogens (primary N) is 1. The number of nitrogens with zero attached hydrogens (tertiary/aromatic N) is 2. The Hall–Kier alpha value is -1.74. The van der Waals surface area contributed by atoms with Crippen molar-refractivity contribution in [2.24, 2.45) is 5.73 Å². The molecule has 0 bridgehead atoms. The molecule has 0 saturated carbocycles. The Balaban J connectivity index is 2.13. The van der Waals surface area contributed by atoms with E-state index >= 15 is 0 Å². The molecular formula is C14H17N3. The first-order valence-corrected chi connectivity index (χ1v) is 5.91. The largest absolute Gasteiger partial charge is 0.327 e. The number of rotatable bonds is 4. The highest BCUT2D eigenvalue weighted by molar-refractivity contribution is 5.60. The third-order valence-electron chi connectivity index (χ3n) is 2.78. The molecule has 88 valence electrons. The summed E-state index contributed by atoms with van der Waals surface area (Å²) in [5.41, 5.74) is 8.05. The molecule has 3 nitrogen and oxygen atoms in total. The van der Waals surface area contributed by atoms with Gasteiger partial charge in [0.1, 0.15) is 5.82 Å². The molecule has 0 amide bonds. The number of hydrogen-bond acceptors (Lipinski definition) is 3. The molecular weight excluding hydrogens is 210 g/mol. The van der Waals surface area contributed by atoms with E-state index in [4.69, 9.17) is 5.73 Å². The van der Waals surface area contributed by atoms with Crippen molar-refractivity contribution in [3.63, 3.8) is 0 Å². The van der Waals surface area contributed by atoms with E-state index in [1.807, 2.05) is 30.6 Å². The summed E-state index contributed by atoms with van der Waals surface area (Å²) in [5.74, 6) is 0.819. The fraction of sp³-hybridized carbons (Fsp3) is 0.286. The lowest BCUT2D eigenvalue weighted by Gasteiger charge is -2.07. The van der Waals surface area contributed by atoms with Crippen LogP contribution in [-0.4, -0.2) is 16.0 Å². The molecule has 0 aliphatic carbocycles. The Morgan fingerprint density at radius 3 is 2.29 bits per heavy atom. The maximum Gasteiger partial charge on any atom is 0.129 e. The van der Waals surface area contributed by atoms with Crippen LogP contribution in [-0.2, 0) is 6.42 Å². The van der Waals surface area contributed by atoms with Gasteiger partial charge in [-0.25, -0.2) is 9.97 Å². The maximum absolute atomic E-state index is 5.87. The van der Waals surface area contributed by atoms with E-state index in [0.717, 1.165) is 29.8 Å². The van der Waals surface area contributed by atoms with E-state index in [1.54, 1.807) is 0 Å². The van der Waals surface area contributed by atoms with Crippen molar-refractivity contribution in [2.75, 3.05) is 0 Å². The second-order valence-electron chi connectivity index (χ2n) is 4.13. The Morgan fingerprint density at radius 1 is 1.06 bits per heavy atom. The average Bonchev–Trinajstić information content (AvgIpc) is 2.40. The maximum atomic E-state index is 5.87. The van der Waals surface area contributed by atoms with Crippen LogP contribution in [0.2, 0.25) is 0 Å². The summed E-state index contributed by atoms with van der Waals surface area (Å²) in [7, 11) is 0. The molecule has 1 atom stereocenters. The highest BCUT2D eigenvalue weighted by Crippen LogP contribution is 2.16. The average molecular weight is 227 g/mol. The van der Waals surface area contributed by atoms with Crippen molar-refractivity contribution >= 4 is 0 Å². The molecule has 1 aromatic carbocycles. The van der Waals surface area contributed by atoms with Gasteiger partial charge in [0.25, 0.3) is 0 Å². The summed E-state index contributed by atoms with van der Waals surface area (Å²) in [6, 6.07) is 10.3. The summed E-state index contributed by atoms with van der Waals surface area (Å²) in [6.45, 7) is 2.07. The van der Waals surface area contributed by atoms with Gasteiger partial charge >= 0.3 is 0 Å². The summed E-state index contributed by atoms with van der Waals surface area (Å²) in [4.78, 5) is 8.70. The lowest BCUT2D eigenvalue weighted by molar-refractivity contribution is 0.624. The minimum Gasteiger partial charge on any atom is -0.327 e. The van der Waals surface area contributed by atoms with Crippen molar-refractivity contribution in [3.8, 4) is 11.1 Å². The molecule has 0 aliphatic heterocycles. The van der Waals surface area contributed by atoms with Crippen molar-refractivity contribution in [2.45, 2.75) is 25.8 Å². The molecule has 0 saturated heterocycles. The van der Waals surface area contributed by atoms with Gasteiger partial charge in [-0.3, -0.25) is 0 Å². The fourth-order valence-corrected chi connectivity index (χ4v) is 1.62. The molecule has 1 unspecified atom stereocenters. The van der Waals surface area contributed by atoms with E-state index in [2.05, 4.69) is 29.0 Å². The van der Waals surface area contributed by atoms with Crippen LogP contribution in [0, 0.1) is 0 Å². The van der Waals surface area contributed by atoms with Gasteiger partial charge in [-0.15, -0.1) is 0 Å². The van der Waals surface area contributed by atoms with Crippen LogP contribution in [0.4, 0.5) is 0 Å². The Kier molecular flexibility index (Phi) is 3.83. The standard InChI is InChI=1S/C14H17N3/c1-2-13(15)8-14-16-9-12(10-17-14)11-6-4-3-5-7-11/h3-7,9-10,13H,2,8,15H2,1H3. The molecule has 1 aromatic heterocycles. The van der Waals surface area contributed by atoms with E-state index in [-0.39, 0.29) is 6.04 Å². The predicted octanol–water partition coefficient (Wildman–Crippen LogP) is 2.42. The van der Waals surface area contributed by atoms with E-state index < -0.39 is 0 Å². The number of benzene rings is 1. The van der Waals surface area contributed by atoms with Crippen LogP contribution in [0.15, 0.2) is 42.7 Å². The van der Waals surface area contributed by atoms with Crippen LogP contribution in [0.25, 0.3) is 11.1 Å². The van der Waals surface area contributed by atoms with Crippen LogP contribution in [0.3, 0.4) is 0 Å². The molecule has 2 rings (SSSR count). The van der Waals surface area contributed by atoms with E-state index in [0.29, 0.717) is 0 Å². The Bertz CT molecular complexity index is 451. The first-order valence-electron chi connectivity index (χ1n) is 5.91. The van der Waals surface area contributed by atoms with Crippen molar-refractivity contribution in [1.82, 2.24) is 9.97 Å². The molecule has 3 heteroatoms. The summed E-state index contributed by atoms with van der Waals surface area (Å²) in [5, 5.41) is 0. The normalized spacial score (nSPS) is 12.4. The molecule has 0 aliphatic rings. The van der Waals surface area contributed by atoms with Gasteiger partial charge < -0.3 is 5.73 Å². The minimum absolute atomic E-state index is 0.151. The molecule has 2 aromatic rings. The quantitative estimate of drug-likeness (QED) is 0.872. The van der Waals surface area contributed by atoms with Crippen molar-refractivity contribution in [3.05, 3.63) is 48.5 Å². The Labute approximate surface area is 102 Å². The van der Waals surface area contributed by atoms with Gasteiger partial charge in [0.05, 0.1) is 0 Å². The molecule has 2 N–H and O–H groups in total. The molecule has 0 radical (unpaired) electrons. The SMILES string of the molecule is CCC(N)Cc1ncc(-c2ccccc2)cn1. The summed E-state index contributed by atoms with van der Waals surface area (Å²) in [6.07, 6.45) is 5.41. The van der Waals surface area contributed by atoms with Crippen LogP contribution >= 0.6 is 0 Å². The number of hydrogen-bond donors (Lipinski definition) is 1. The van der Waals surface area contributed by atoms with Crippen LogP contribution < -0.4 is 5.73 Å². The van der Waals surface area contributed by atoms with Gasteiger partial charge in [0, 0.05) is 30.4 Å². The zero-order valence-corrected chi connectivity index (χ0v) is 10.0. The van der Waals surface area contributed by atoms with Gasteiger partial charge in [0.2, 0.25) is 0 Å². The molecule has 0 spiro atoms. The fourth-order valence-electron chi connectivity index (χ4n) is 1.62. The predicted molar refractivity (Wildman–Crippen MR) is 69.4 cm³/mol. The monoisotopic (exact) mass is 227 g/mol. The third-order valence-corrected chi connectivity index (χ3v) is 2.78.